The quantitative estimate of drug-likeness (QED) is 0.838. The van der Waals surface area contributed by atoms with Gasteiger partial charge in [-0.2, -0.15) is 0 Å². The molecule has 1 aromatic rings. The standard InChI is InChI=1S/C14H23N3/c1-11(2)16-13-5-3-4-6-14(13)17-8-7-12(9-15)10-17/h3-6,11-12,16H,7-10,15H2,1-2H3. The van der Waals surface area contributed by atoms with Gasteiger partial charge in [-0.05, 0) is 44.9 Å². The molecule has 0 spiro atoms. The highest BCUT2D eigenvalue weighted by Gasteiger charge is 2.22. The summed E-state index contributed by atoms with van der Waals surface area (Å²) in [5.74, 6) is 0.655. The van der Waals surface area contributed by atoms with Gasteiger partial charge in [-0.3, -0.25) is 0 Å². The first-order valence-electron chi connectivity index (χ1n) is 6.51. The Labute approximate surface area is 104 Å². The van der Waals surface area contributed by atoms with Crippen LogP contribution in [-0.4, -0.2) is 25.7 Å². The van der Waals surface area contributed by atoms with E-state index in [0.717, 1.165) is 19.6 Å². The van der Waals surface area contributed by atoms with Crippen molar-refractivity contribution in [3.8, 4) is 0 Å². The molecule has 1 atom stereocenters. The van der Waals surface area contributed by atoms with Crippen LogP contribution >= 0.6 is 0 Å². The largest absolute Gasteiger partial charge is 0.381 e. The van der Waals surface area contributed by atoms with Gasteiger partial charge in [0.05, 0.1) is 11.4 Å². The lowest BCUT2D eigenvalue weighted by Gasteiger charge is -2.23. The maximum Gasteiger partial charge on any atom is 0.0602 e. The summed E-state index contributed by atoms with van der Waals surface area (Å²) >= 11 is 0. The highest BCUT2D eigenvalue weighted by Crippen LogP contribution is 2.30. The van der Waals surface area contributed by atoms with Crippen LogP contribution in [0.25, 0.3) is 0 Å². The molecular formula is C14H23N3. The number of hydrogen-bond acceptors (Lipinski definition) is 3. The number of nitrogens with two attached hydrogens (primary N) is 1. The van der Waals surface area contributed by atoms with Gasteiger partial charge in [0.15, 0.2) is 0 Å². The van der Waals surface area contributed by atoms with E-state index in [-0.39, 0.29) is 0 Å². The van der Waals surface area contributed by atoms with Gasteiger partial charge in [-0.25, -0.2) is 0 Å². The lowest BCUT2D eigenvalue weighted by molar-refractivity contribution is 0.603. The second kappa shape index (κ2) is 5.41. The monoisotopic (exact) mass is 233 g/mol. The van der Waals surface area contributed by atoms with Crippen molar-refractivity contribution in [2.24, 2.45) is 11.7 Å². The molecule has 1 aliphatic rings. The summed E-state index contributed by atoms with van der Waals surface area (Å²) in [4.78, 5) is 2.45. The first-order valence-corrected chi connectivity index (χ1v) is 6.51. The van der Waals surface area contributed by atoms with Gasteiger partial charge in [0.2, 0.25) is 0 Å². The Morgan fingerprint density at radius 2 is 2.18 bits per heavy atom. The van der Waals surface area contributed by atoms with Gasteiger partial charge in [0.25, 0.3) is 0 Å². The average molecular weight is 233 g/mol. The number of nitrogens with one attached hydrogen (secondary N) is 1. The van der Waals surface area contributed by atoms with E-state index in [0.29, 0.717) is 12.0 Å². The fraction of sp³-hybridized carbons (Fsp3) is 0.571. The van der Waals surface area contributed by atoms with Crippen LogP contribution in [0.2, 0.25) is 0 Å². The van der Waals surface area contributed by atoms with Crippen molar-refractivity contribution in [3.63, 3.8) is 0 Å². The molecule has 1 aliphatic heterocycles. The van der Waals surface area contributed by atoms with Crippen molar-refractivity contribution in [1.82, 2.24) is 0 Å². The predicted octanol–water partition coefficient (Wildman–Crippen LogP) is 2.29. The summed E-state index contributed by atoms with van der Waals surface area (Å²) in [6, 6.07) is 9.01. The number of hydrogen-bond donors (Lipinski definition) is 2. The fourth-order valence-corrected chi connectivity index (χ4v) is 2.43. The van der Waals surface area contributed by atoms with Crippen molar-refractivity contribution in [3.05, 3.63) is 24.3 Å². The van der Waals surface area contributed by atoms with Crippen LogP contribution in [0.4, 0.5) is 11.4 Å². The number of anilines is 2. The molecule has 0 aromatic heterocycles. The second-order valence-electron chi connectivity index (χ2n) is 5.15. The molecule has 0 saturated carbocycles. The molecule has 0 radical (unpaired) electrons. The minimum atomic E-state index is 0.462. The summed E-state index contributed by atoms with van der Waals surface area (Å²) in [7, 11) is 0. The SMILES string of the molecule is CC(C)Nc1ccccc1N1CCC(CN)C1. The number of rotatable bonds is 4. The maximum absolute atomic E-state index is 5.75. The maximum atomic E-state index is 5.75. The van der Waals surface area contributed by atoms with Gasteiger partial charge in [-0.15, -0.1) is 0 Å². The minimum Gasteiger partial charge on any atom is -0.381 e. The van der Waals surface area contributed by atoms with Crippen molar-refractivity contribution in [2.45, 2.75) is 26.3 Å². The summed E-state index contributed by atoms with van der Waals surface area (Å²) in [5.41, 5.74) is 8.30. The lowest BCUT2D eigenvalue weighted by Crippen LogP contribution is -2.24. The Morgan fingerprint density at radius 1 is 1.41 bits per heavy atom. The Morgan fingerprint density at radius 3 is 2.82 bits per heavy atom. The van der Waals surface area contributed by atoms with Crippen LogP contribution in [0.5, 0.6) is 0 Å². The van der Waals surface area contributed by atoms with Gasteiger partial charge in [0, 0.05) is 19.1 Å². The van der Waals surface area contributed by atoms with Crippen molar-refractivity contribution in [1.29, 1.82) is 0 Å². The second-order valence-corrected chi connectivity index (χ2v) is 5.15. The Bertz CT molecular complexity index is 362. The molecule has 3 N–H and O–H groups in total. The molecule has 2 rings (SSSR count). The number of nitrogens with zero attached hydrogens (tertiary/aromatic N) is 1. The number of para-hydroxylation sites is 2. The van der Waals surface area contributed by atoms with Gasteiger partial charge < -0.3 is 16.0 Å². The molecule has 3 nitrogen and oxygen atoms in total. The van der Waals surface area contributed by atoms with Gasteiger partial charge in [-0.1, -0.05) is 12.1 Å². The highest BCUT2D eigenvalue weighted by molar-refractivity contribution is 5.70. The first-order chi connectivity index (χ1) is 8.20. The van der Waals surface area contributed by atoms with E-state index < -0.39 is 0 Å². The lowest BCUT2D eigenvalue weighted by atomic mass is 10.1. The molecule has 1 saturated heterocycles. The Hall–Kier alpha value is -1.22. The van der Waals surface area contributed by atoms with E-state index in [1.165, 1.54) is 17.8 Å². The average Bonchev–Trinajstić information content (AvgIpc) is 2.77. The molecule has 94 valence electrons. The topological polar surface area (TPSA) is 41.3 Å². The van der Waals surface area contributed by atoms with Crippen molar-refractivity contribution >= 4 is 11.4 Å². The van der Waals surface area contributed by atoms with Crippen molar-refractivity contribution in [2.75, 3.05) is 29.9 Å². The molecule has 17 heavy (non-hydrogen) atoms. The predicted molar refractivity (Wildman–Crippen MR) is 74.6 cm³/mol. The Kier molecular flexibility index (Phi) is 3.89. The summed E-state index contributed by atoms with van der Waals surface area (Å²) in [6.45, 7) is 7.36. The first kappa shape index (κ1) is 12.2. The van der Waals surface area contributed by atoms with Gasteiger partial charge in [0.1, 0.15) is 0 Å². The molecule has 1 fully saturated rings. The van der Waals surface area contributed by atoms with E-state index >= 15 is 0 Å². The normalized spacial score (nSPS) is 20.0. The smallest absolute Gasteiger partial charge is 0.0602 e. The summed E-state index contributed by atoms with van der Waals surface area (Å²) < 4.78 is 0. The van der Waals surface area contributed by atoms with Crippen molar-refractivity contribution < 1.29 is 0 Å². The molecule has 3 heteroatoms. The van der Waals surface area contributed by atoms with Gasteiger partial charge >= 0.3 is 0 Å². The zero-order valence-electron chi connectivity index (χ0n) is 10.8. The van der Waals surface area contributed by atoms with Crippen LogP contribution in [0.15, 0.2) is 24.3 Å². The molecule has 0 bridgehead atoms. The third kappa shape index (κ3) is 2.91. The van der Waals surface area contributed by atoms with E-state index in [9.17, 15) is 0 Å². The van der Waals surface area contributed by atoms with E-state index in [2.05, 4.69) is 48.3 Å². The molecule has 1 unspecified atom stereocenters. The zero-order chi connectivity index (χ0) is 12.3. The Balaban J connectivity index is 2.14. The van der Waals surface area contributed by atoms with E-state index in [1.807, 2.05) is 0 Å². The summed E-state index contributed by atoms with van der Waals surface area (Å²) in [6.07, 6.45) is 1.21. The molecular weight excluding hydrogens is 210 g/mol. The number of benzene rings is 1. The van der Waals surface area contributed by atoms with Crippen LogP contribution < -0.4 is 16.0 Å². The third-order valence-corrected chi connectivity index (χ3v) is 3.31. The highest BCUT2D eigenvalue weighted by atomic mass is 15.2. The van der Waals surface area contributed by atoms with Crippen LogP contribution in [0.3, 0.4) is 0 Å². The summed E-state index contributed by atoms with van der Waals surface area (Å²) in [5, 5.41) is 3.51. The van der Waals surface area contributed by atoms with Crippen LogP contribution in [0, 0.1) is 5.92 Å². The van der Waals surface area contributed by atoms with E-state index in [1.54, 1.807) is 0 Å². The van der Waals surface area contributed by atoms with Crippen LogP contribution in [-0.2, 0) is 0 Å². The van der Waals surface area contributed by atoms with Crippen LogP contribution in [0.1, 0.15) is 20.3 Å². The third-order valence-electron chi connectivity index (χ3n) is 3.31. The molecule has 1 aromatic carbocycles. The molecule has 0 aliphatic carbocycles. The van der Waals surface area contributed by atoms with E-state index in [4.69, 9.17) is 5.73 Å². The fourth-order valence-electron chi connectivity index (χ4n) is 2.43. The molecule has 0 amide bonds. The minimum absolute atomic E-state index is 0.462. The zero-order valence-corrected chi connectivity index (χ0v) is 10.8. The molecule has 1 heterocycles.